The predicted molar refractivity (Wildman–Crippen MR) is 219 cm³/mol. The molecule has 0 heterocycles. The highest BCUT2D eigenvalue weighted by Gasteiger charge is 2.30. The molecule has 0 atom stereocenters. The molecular weight excluding hydrogens is 705 g/mol. The lowest BCUT2D eigenvalue weighted by Gasteiger charge is -2.20. The van der Waals surface area contributed by atoms with Crippen molar-refractivity contribution in [3.8, 4) is 67.5 Å². The van der Waals surface area contributed by atoms with Gasteiger partial charge in [-0.3, -0.25) is 19.2 Å². The zero-order valence-electron chi connectivity index (χ0n) is 30.4. The van der Waals surface area contributed by atoms with Crippen molar-refractivity contribution in [2.75, 3.05) is 0 Å². The molecule has 8 nitrogen and oxygen atoms in total. The van der Waals surface area contributed by atoms with Crippen LogP contribution in [-0.4, -0.2) is 20.4 Å². The van der Waals surface area contributed by atoms with Gasteiger partial charge in [-0.2, -0.15) is 0 Å². The van der Waals surface area contributed by atoms with Crippen LogP contribution in [0.5, 0.6) is 23.0 Å². The lowest BCUT2D eigenvalue weighted by Crippen LogP contribution is -2.34. The SMILES string of the molecule is Cc1c(-c2c(C)c(=O)c3c(Cc4ccc(-c5ccccc5)cc4)c(=O)c(=O)cc-3c2=O)c(O)c2cc(O)c(O)c(Cc3ccc(-c4ccccc4)cc3)c2c1O. The van der Waals surface area contributed by atoms with E-state index in [-0.39, 0.29) is 73.9 Å². The summed E-state index contributed by atoms with van der Waals surface area (Å²) in [6, 6.07) is 36.3. The van der Waals surface area contributed by atoms with E-state index < -0.39 is 39.0 Å². The molecule has 0 aromatic heterocycles. The Hall–Kier alpha value is -7.32. The molecule has 0 unspecified atom stereocenters. The van der Waals surface area contributed by atoms with Crippen LogP contribution in [0, 0.1) is 13.8 Å². The van der Waals surface area contributed by atoms with Crippen molar-refractivity contribution in [3.05, 3.63) is 196 Å². The van der Waals surface area contributed by atoms with Gasteiger partial charge in [-0.25, -0.2) is 0 Å². The Bertz CT molecular complexity index is 3020. The van der Waals surface area contributed by atoms with Crippen molar-refractivity contribution in [2.45, 2.75) is 26.7 Å². The summed E-state index contributed by atoms with van der Waals surface area (Å²) >= 11 is 0. The molecule has 0 saturated heterocycles. The number of aromatic hydroxyl groups is 4. The van der Waals surface area contributed by atoms with Crippen molar-refractivity contribution in [2.24, 2.45) is 0 Å². The predicted octanol–water partition coefficient (Wildman–Crippen LogP) is 7.88. The fourth-order valence-corrected chi connectivity index (χ4v) is 7.77. The number of hydrogen-bond donors (Lipinski definition) is 4. The van der Waals surface area contributed by atoms with Crippen LogP contribution in [0.3, 0.4) is 0 Å². The smallest absolute Gasteiger partial charge is 0.229 e. The Kier molecular flexibility index (Phi) is 8.81. The normalized spacial score (nSPS) is 11.4. The van der Waals surface area contributed by atoms with E-state index in [1.165, 1.54) is 13.8 Å². The molecule has 8 rings (SSSR count). The summed E-state index contributed by atoms with van der Waals surface area (Å²) < 4.78 is 0. The molecule has 2 aliphatic carbocycles. The van der Waals surface area contributed by atoms with Crippen LogP contribution in [0.25, 0.3) is 55.3 Å². The molecule has 274 valence electrons. The molecule has 8 heteroatoms. The van der Waals surface area contributed by atoms with Gasteiger partial charge in [-0.1, -0.05) is 109 Å². The highest BCUT2D eigenvalue weighted by Crippen LogP contribution is 2.50. The van der Waals surface area contributed by atoms with E-state index >= 15 is 0 Å². The first kappa shape index (κ1) is 35.7. The van der Waals surface area contributed by atoms with E-state index in [1.54, 1.807) is 12.1 Å². The average Bonchev–Trinajstić information content (AvgIpc) is 3.22. The molecule has 56 heavy (non-hydrogen) atoms. The van der Waals surface area contributed by atoms with Crippen LogP contribution >= 0.6 is 0 Å². The standard InChI is InChI=1S/C48H34O8/c1-25-39(47(55)35-23-37(49)45(53)33(41(35)43(25)51)21-27-13-17-31(18-14-27)29-9-5-3-6-10-29)40-26(2)44(52)42-34(46(54)38(50)24-36(42)48(40)56)22-28-15-19-32(20-16-28)30-11-7-4-8-12-30/h3-20,23-24,49,51,53,55H,21-22H2,1-2H3. The van der Waals surface area contributed by atoms with Crippen molar-refractivity contribution >= 4 is 10.8 Å². The second-order valence-electron chi connectivity index (χ2n) is 14.1. The van der Waals surface area contributed by atoms with Crippen molar-refractivity contribution in [1.82, 2.24) is 0 Å². The van der Waals surface area contributed by atoms with Gasteiger partial charge >= 0.3 is 0 Å². The van der Waals surface area contributed by atoms with Crippen LogP contribution in [0.2, 0.25) is 0 Å². The molecule has 0 bridgehead atoms. The van der Waals surface area contributed by atoms with Gasteiger partial charge in [0.15, 0.2) is 22.4 Å². The number of phenolic OH excluding ortho intramolecular Hbond substituents is 4. The Morgan fingerprint density at radius 1 is 0.446 bits per heavy atom. The van der Waals surface area contributed by atoms with E-state index in [0.29, 0.717) is 5.56 Å². The minimum Gasteiger partial charge on any atom is -0.507 e. The molecule has 6 aromatic rings. The Morgan fingerprint density at radius 3 is 1.48 bits per heavy atom. The Labute approximate surface area is 320 Å². The van der Waals surface area contributed by atoms with Crippen LogP contribution in [-0.2, 0) is 12.8 Å². The van der Waals surface area contributed by atoms with Crippen LogP contribution in [0.4, 0.5) is 0 Å². The van der Waals surface area contributed by atoms with Gasteiger partial charge in [0, 0.05) is 74.2 Å². The molecule has 2 aliphatic rings. The molecule has 0 aliphatic heterocycles. The first-order valence-electron chi connectivity index (χ1n) is 18.0. The zero-order valence-corrected chi connectivity index (χ0v) is 30.4. The Morgan fingerprint density at radius 2 is 0.946 bits per heavy atom. The maximum Gasteiger partial charge on any atom is 0.229 e. The second-order valence-corrected chi connectivity index (χ2v) is 14.1. The van der Waals surface area contributed by atoms with Gasteiger partial charge in [0.2, 0.25) is 10.9 Å². The largest absolute Gasteiger partial charge is 0.507 e. The van der Waals surface area contributed by atoms with Crippen LogP contribution < -0.4 is 21.7 Å². The van der Waals surface area contributed by atoms with Gasteiger partial charge in [0.05, 0.1) is 0 Å². The third kappa shape index (κ3) is 5.88. The summed E-state index contributed by atoms with van der Waals surface area (Å²) in [5.41, 5.74) is 1.13. The maximum absolute atomic E-state index is 14.4. The average molecular weight is 739 g/mol. The molecular formula is C48H34O8. The molecule has 4 N–H and O–H groups in total. The number of hydrogen-bond acceptors (Lipinski definition) is 8. The third-order valence-electron chi connectivity index (χ3n) is 10.7. The highest BCUT2D eigenvalue weighted by atomic mass is 16.3. The van der Waals surface area contributed by atoms with Gasteiger partial charge in [-0.05, 0) is 53.3 Å². The monoisotopic (exact) mass is 738 g/mol. The fourth-order valence-electron chi connectivity index (χ4n) is 7.77. The summed E-state index contributed by atoms with van der Waals surface area (Å²) in [6.07, 6.45) is -0.0127. The van der Waals surface area contributed by atoms with E-state index in [2.05, 4.69) is 0 Å². The van der Waals surface area contributed by atoms with Crippen LogP contribution in [0.1, 0.15) is 33.4 Å². The molecule has 0 fully saturated rings. The maximum atomic E-state index is 14.4. The van der Waals surface area contributed by atoms with E-state index in [0.717, 1.165) is 39.9 Å². The lowest BCUT2D eigenvalue weighted by atomic mass is 9.83. The first-order chi connectivity index (χ1) is 26.9. The Balaban J connectivity index is 1.26. The summed E-state index contributed by atoms with van der Waals surface area (Å²) in [4.78, 5) is 55.1. The van der Waals surface area contributed by atoms with E-state index in [9.17, 15) is 39.6 Å². The molecule has 0 saturated carbocycles. The van der Waals surface area contributed by atoms with Gasteiger partial charge < -0.3 is 20.4 Å². The quantitative estimate of drug-likeness (QED) is 0.0733. The lowest BCUT2D eigenvalue weighted by molar-refractivity contribution is 0.400. The number of benzene rings is 8. The van der Waals surface area contributed by atoms with Crippen molar-refractivity contribution in [3.63, 3.8) is 0 Å². The number of fused-ring (bicyclic) bond motifs is 2. The summed E-state index contributed by atoms with van der Waals surface area (Å²) in [7, 11) is 0. The summed E-state index contributed by atoms with van der Waals surface area (Å²) in [5.74, 6) is -1.96. The first-order valence-corrected chi connectivity index (χ1v) is 18.0. The molecule has 6 aromatic carbocycles. The van der Waals surface area contributed by atoms with Gasteiger partial charge in [-0.15, -0.1) is 0 Å². The van der Waals surface area contributed by atoms with E-state index in [4.69, 9.17) is 0 Å². The fraction of sp³-hybridized carbons (Fsp3) is 0.0833. The van der Waals surface area contributed by atoms with Crippen molar-refractivity contribution in [1.29, 1.82) is 0 Å². The summed E-state index contributed by atoms with van der Waals surface area (Å²) in [5, 5.41) is 45.6. The zero-order chi connectivity index (χ0) is 39.4. The van der Waals surface area contributed by atoms with Crippen molar-refractivity contribution < 1.29 is 20.4 Å². The highest BCUT2D eigenvalue weighted by molar-refractivity contribution is 6.05. The molecule has 0 radical (unpaired) electrons. The molecule has 0 spiro atoms. The van der Waals surface area contributed by atoms with Crippen LogP contribution in [0.15, 0.2) is 141 Å². The summed E-state index contributed by atoms with van der Waals surface area (Å²) in [6.45, 7) is 2.86. The number of rotatable bonds is 7. The topological polar surface area (TPSA) is 149 Å². The van der Waals surface area contributed by atoms with Gasteiger partial charge in [0.1, 0.15) is 11.5 Å². The molecule has 0 amide bonds. The third-order valence-corrected chi connectivity index (χ3v) is 10.7. The number of phenols is 4. The van der Waals surface area contributed by atoms with Gasteiger partial charge in [0.25, 0.3) is 0 Å². The minimum absolute atomic E-state index is 0.0289. The minimum atomic E-state index is -0.955. The second kappa shape index (κ2) is 13.8. The van der Waals surface area contributed by atoms with E-state index in [1.807, 2.05) is 97.1 Å².